The number of rotatable bonds is 2. The van der Waals surface area contributed by atoms with Gasteiger partial charge in [-0.15, -0.1) is 0 Å². The van der Waals surface area contributed by atoms with Crippen LogP contribution in [0.5, 0.6) is 0 Å². The number of piperidine rings is 1. The van der Waals surface area contributed by atoms with Gasteiger partial charge in [-0.3, -0.25) is 4.90 Å². The molecule has 112 valence electrons. The van der Waals surface area contributed by atoms with Crippen molar-refractivity contribution in [3.05, 3.63) is 33.0 Å². The van der Waals surface area contributed by atoms with Crippen LogP contribution in [-0.4, -0.2) is 24.2 Å². The number of alkyl halides is 3. The maximum atomic E-state index is 13.9. The van der Waals surface area contributed by atoms with E-state index in [9.17, 15) is 17.6 Å². The highest BCUT2D eigenvalue weighted by molar-refractivity contribution is 9.10. The molecule has 0 amide bonds. The number of benzene rings is 1. The summed E-state index contributed by atoms with van der Waals surface area (Å²) in [5, 5.41) is -0.0353. The highest BCUT2D eigenvalue weighted by Crippen LogP contribution is 2.34. The lowest BCUT2D eigenvalue weighted by Crippen LogP contribution is -2.41. The van der Waals surface area contributed by atoms with E-state index in [-0.39, 0.29) is 24.5 Å². The molecule has 1 fully saturated rings. The summed E-state index contributed by atoms with van der Waals surface area (Å²) in [7, 11) is 0. The Balaban J connectivity index is 2.09. The van der Waals surface area contributed by atoms with E-state index in [2.05, 4.69) is 15.9 Å². The molecule has 0 radical (unpaired) electrons. The van der Waals surface area contributed by atoms with E-state index in [4.69, 9.17) is 11.6 Å². The molecule has 1 aliphatic rings. The first kappa shape index (κ1) is 16.0. The molecular weight excluding hydrogens is 361 g/mol. The molecule has 7 heteroatoms. The van der Waals surface area contributed by atoms with Gasteiger partial charge in [0, 0.05) is 23.1 Å². The van der Waals surface area contributed by atoms with E-state index in [1.807, 2.05) is 0 Å². The molecule has 1 atom stereocenters. The standard InChI is InChI=1S/C13H13BrClF4N/c14-10-4-3-8(12(16)11(10)15)6-20-5-1-2-9(7-20)13(17,18)19/h3-4,9H,1-2,5-7H2. The fourth-order valence-electron chi connectivity index (χ4n) is 2.40. The second-order valence-corrected chi connectivity index (χ2v) is 6.18. The predicted octanol–water partition coefficient (Wildman–Crippen LogP) is 5.02. The Kier molecular flexibility index (Phi) is 4.97. The van der Waals surface area contributed by atoms with Gasteiger partial charge >= 0.3 is 6.18 Å². The molecule has 0 bridgehead atoms. The number of nitrogens with zero attached hydrogens (tertiary/aromatic N) is 1. The number of likely N-dealkylation sites (tertiary alicyclic amines) is 1. The Labute approximate surface area is 128 Å². The minimum Gasteiger partial charge on any atom is -0.298 e. The van der Waals surface area contributed by atoms with Crippen LogP contribution in [-0.2, 0) is 6.54 Å². The third kappa shape index (κ3) is 3.65. The zero-order chi connectivity index (χ0) is 14.9. The van der Waals surface area contributed by atoms with Crippen LogP contribution in [0.2, 0.25) is 5.02 Å². The van der Waals surface area contributed by atoms with Crippen molar-refractivity contribution in [2.24, 2.45) is 5.92 Å². The lowest BCUT2D eigenvalue weighted by atomic mass is 9.97. The van der Waals surface area contributed by atoms with Gasteiger partial charge in [0.2, 0.25) is 0 Å². The molecule has 1 aromatic carbocycles. The summed E-state index contributed by atoms with van der Waals surface area (Å²) in [6.07, 6.45) is -3.58. The third-order valence-electron chi connectivity index (χ3n) is 3.48. The SMILES string of the molecule is Fc1c(CN2CCCC(C(F)(F)F)C2)ccc(Br)c1Cl. The van der Waals surface area contributed by atoms with Crippen molar-refractivity contribution >= 4 is 27.5 Å². The molecule has 1 saturated heterocycles. The molecule has 0 spiro atoms. The van der Waals surface area contributed by atoms with Crippen LogP contribution in [0.4, 0.5) is 17.6 Å². The molecule has 1 unspecified atom stereocenters. The van der Waals surface area contributed by atoms with Gasteiger partial charge in [0.15, 0.2) is 0 Å². The molecule has 0 saturated carbocycles. The summed E-state index contributed by atoms with van der Waals surface area (Å²) in [4.78, 5) is 1.63. The molecule has 2 rings (SSSR count). The fourth-order valence-corrected chi connectivity index (χ4v) is 2.89. The summed E-state index contributed by atoms with van der Waals surface area (Å²) < 4.78 is 52.5. The van der Waals surface area contributed by atoms with E-state index in [1.54, 1.807) is 17.0 Å². The maximum Gasteiger partial charge on any atom is 0.393 e. The monoisotopic (exact) mass is 373 g/mol. The first-order valence-corrected chi connectivity index (χ1v) is 7.37. The van der Waals surface area contributed by atoms with Crippen LogP contribution in [0.25, 0.3) is 0 Å². The Bertz CT molecular complexity index is 492. The lowest BCUT2D eigenvalue weighted by Gasteiger charge is -2.33. The van der Waals surface area contributed by atoms with E-state index in [0.717, 1.165) is 0 Å². The Morgan fingerprint density at radius 1 is 1.35 bits per heavy atom. The van der Waals surface area contributed by atoms with Crippen LogP contribution < -0.4 is 0 Å². The van der Waals surface area contributed by atoms with Crippen molar-refractivity contribution in [1.29, 1.82) is 0 Å². The molecule has 0 aromatic heterocycles. The van der Waals surface area contributed by atoms with Crippen LogP contribution in [0.1, 0.15) is 18.4 Å². The molecule has 1 aromatic rings. The Morgan fingerprint density at radius 2 is 2.05 bits per heavy atom. The third-order valence-corrected chi connectivity index (χ3v) is 4.74. The van der Waals surface area contributed by atoms with E-state index >= 15 is 0 Å². The van der Waals surface area contributed by atoms with Crippen LogP contribution in [0.15, 0.2) is 16.6 Å². The van der Waals surface area contributed by atoms with Gasteiger partial charge in [-0.1, -0.05) is 17.7 Å². The molecule has 20 heavy (non-hydrogen) atoms. The first-order chi connectivity index (χ1) is 9.29. The molecule has 1 nitrogen and oxygen atoms in total. The largest absolute Gasteiger partial charge is 0.393 e. The smallest absolute Gasteiger partial charge is 0.298 e. The molecular formula is C13H13BrClF4N. The van der Waals surface area contributed by atoms with Gasteiger partial charge in [-0.05, 0) is 41.4 Å². The van der Waals surface area contributed by atoms with Gasteiger partial charge in [-0.2, -0.15) is 13.2 Å². The first-order valence-electron chi connectivity index (χ1n) is 6.20. The second kappa shape index (κ2) is 6.20. The second-order valence-electron chi connectivity index (χ2n) is 4.95. The van der Waals surface area contributed by atoms with Crippen LogP contribution >= 0.6 is 27.5 Å². The number of hydrogen-bond acceptors (Lipinski definition) is 1. The van der Waals surface area contributed by atoms with Crippen molar-refractivity contribution in [2.75, 3.05) is 13.1 Å². The zero-order valence-corrected chi connectivity index (χ0v) is 12.8. The minimum absolute atomic E-state index is 0.0353. The normalized spacial score (nSPS) is 21.2. The summed E-state index contributed by atoms with van der Waals surface area (Å²) in [6, 6.07) is 3.15. The van der Waals surface area contributed by atoms with Gasteiger partial charge in [0.1, 0.15) is 5.82 Å². The topological polar surface area (TPSA) is 3.24 Å². The van der Waals surface area contributed by atoms with Gasteiger partial charge in [0.05, 0.1) is 10.9 Å². The average Bonchev–Trinajstić information content (AvgIpc) is 2.39. The maximum absolute atomic E-state index is 13.9. The van der Waals surface area contributed by atoms with E-state index < -0.39 is 17.9 Å². The van der Waals surface area contributed by atoms with E-state index in [0.29, 0.717) is 23.0 Å². The van der Waals surface area contributed by atoms with Crippen molar-refractivity contribution in [3.8, 4) is 0 Å². The lowest BCUT2D eigenvalue weighted by molar-refractivity contribution is -0.187. The number of halogens is 6. The molecule has 1 aliphatic heterocycles. The van der Waals surface area contributed by atoms with Crippen LogP contribution in [0, 0.1) is 11.7 Å². The van der Waals surface area contributed by atoms with Crippen molar-refractivity contribution in [1.82, 2.24) is 4.90 Å². The Hall–Kier alpha value is -0.330. The molecule has 1 heterocycles. The predicted molar refractivity (Wildman–Crippen MR) is 73.2 cm³/mol. The van der Waals surface area contributed by atoms with E-state index in [1.165, 1.54) is 0 Å². The van der Waals surface area contributed by atoms with Crippen molar-refractivity contribution < 1.29 is 17.6 Å². The fraction of sp³-hybridized carbons (Fsp3) is 0.538. The van der Waals surface area contributed by atoms with Crippen molar-refractivity contribution in [2.45, 2.75) is 25.6 Å². The van der Waals surface area contributed by atoms with Gasteiger partial charge < -0.3 is 0 Å². The summed E-state index contributed by atoms with van der Waals surface area (Å²) >= 11 is 8.89. The highest BCUT2D eigenvalue weighted by Gasteiger charge is 2.41. The molecule has 0 N–H and O–H groups in total. The van der Waals surface area contributed by atoms with Crippen LogP contribution in [0.3, 0.4) is 0 Å². The number of hydrogen-bond donors (Lipinski definition) is 0. The minimum atomic E-state index is -4.19. The summed E-state index contributed by atoms with van der Waals surface area (Å²) in [5.41, 5.74) is 0.320. The van der Waals surface area contributed by atoms with Gasteiger partial charge in [-0.25, -0.2) is 4.39 Å². The molecule has 0 aliphatic carbocycles. The van der Waals surface area contributed by atoms with Gasteiger partial charge in [0.25, 0.3) is 0 Å². The summed E-state index contributed by atoms with van der Waals surface area (Å²) in [6.45, 7) is 0.599. The zero-order valence-electron chi connectivity index (χ0n) is 10.5. The quantitative estimate of drug-likeness (QED) is 0.519. The Morgan fingerprint density at radius 3 is 2.70 bits per heavy atom. The highest BCUT2D eigenvalue weighted by atomic mass is 79.9. The van der Waals surface area contributed by atoms with Crippen molar-refractivity contribution in [3.63, 3.8) is 0 Å². The summed E-state index contributed by atoms with van der Waals surface area (Å²) in [5.74, 6) is -1.90. The average molecular weight is 375 g/mol.